The number of aromatic nitrogens is 3. The van der Waals surface area contributed by atoms with Gasteiger partial charge < -0.3 is 14.7 Å². The van der Waals surface area contributed by atoms with E-state index in [1.54, 1.807) is 6.07 Å². The van der Waals surface area contributed by atoms with E-state index in [9.17, 15) is 13.9 Å². The fraction of sp³-hybridized carbons (Fsp3) is 0.457. The van der Waals surface area contributed by atoms with Gasteiger partial charge in [-0.25, -0.2) is 18.2 Å². The number of nitrogens with zero attached hydrogens (tertiary/aromatic N) is 5. The molecule has 2 aromatic heterocycles. The van der Waals surface area contributed by atoms with E-state index in [1.807, 2.05) is 0 Å². The lowest BCUT2D eigenvalue weighted by Gasteiger charge is -2.32. The zero-order valence-corrected chi connectivity index (χ0v) is 25.2. The summed E-state index contributed by atoms with van der Waals surface area (Å²) in [7, 11) is 0. The second kappa shape index (κ2) is 10.9. The van der Waals surface area contributed by atoms with Crippen molar-refractivity contribution in [2.24, 2.45) is 0 Å². The third-order valence-corrected chi connectivity index (χ3v) is 10.5. The molecule has 0 radical (unpaired) electrons. The van der Waals surface area contributed by atoms with E-state index in [-0.39, 0.29) is 46.7 Å². The third-order valence-electron chi connectivity index (χ3n) is 10.5. The minimum absolute atomic E-state index is 0.0172. The van der Waals surface area contributed by atoms with Crippen LogP contribution in [0.1, 0.15) is 62.6 Å². The first-order valence-corrected chi connectivity index (χ1v) is 16.1. The normalized spacial score (nSPS) is 24.8. The van der Waals surface area contributed by atoms with Gasteiger partial charge in [0.1, 0.15) is 41.4 Å². The number of benzene rings is 2. The van der Waals surface area contributed by atoms with Gasteiger partial charge in [-0.15, -0.1) is 0 Å². The van der Waals surface area contributed by atoms with Crippen molar-refractivity contribution < 1.29 is 23.0 Å². The second-order valence-corrected chi connectivity index (χ2v) is 13.1. The molecule has 1 unspecified atom stereocenters. The fourth-order valence-electron chi connectivity index (χ4n) is 8.38. The van der Waals surface area contributed by atoms with Crippen LogP contribution in [0.3, 0.4) is 0 Å². The highest BCUT2D eigenvalue weighted by Crippen LogP contribution is 2.44. The molecular formula is C35H36F3N5O2. The second-order valence-electron chi connectivity index (χ2n) is 13.1. The zero-order valence-electron chi connectivity index (χ0n) is 25.2. The molecule has 1 N–H and O–H groups in total. The van der Waals surface area contributed by atoms with Crippen molar-refractivity contribution in [3.63, 3.8) is 0 Å². The van der Waals surface area contributed by atoms with Gasteiger partial charge in [0.25, 0.3) is 0 Å². The molecule has 3 fully saturated rings. The molecule has 0 aliphatic carbocycles. The van der Waals surface area contributed by atoms with Crippen LogP contribution in [0, 0.1) is 11.6 Å². The quantitative estimate of drug-likeness (QED) is 0.256. The van der Waals surface area contributed by atoms with E-state index < -0.39 is 23.3 Å². The smallest absolute Gasteiger partial charge is 0.319 e. The maximum absolute atomic E-state index is 17.0. The SMILES string of the molecule is C=Cc1c(F)ccc2cc(O)cc(-c3nc4c5c(nc(OC[C@@]67CCCN6C[C@H](F)C7)nc5c3F)N3CCCCCC3CC4)c12. The van der Waals surface area contributed by atoms with Crippen molar-refractivity contribution in [2.45, 2.75) is 75.5 Å². The number of aryl methyl sites for hydroxylation is 1. The van der Waals surface area contributed by atoms with Gasteiger partial charge in [0.2, 0.25) is 0 Å². The van der Waals surface area contributed by atoms with E-state index in [1.165, 1.54) is 24.3 Å². The Kier molecular flexibility index (Phi) is 6.89. The molecule has 234 valence electrons. The standard InChI is InChI=1S/C35H36F3N5O2/c1-2-24-26(37)10-8-20-15-23(44)16-25(28(20)24)31-30(38)32-29-27(39-31)11-9-22-7-4-3-5-14-43(22)33(29)41-34(40-32)45-19-35-12-6-13-42(35)18-21(36)17-35/h2,8,10,15-16,21-22,44H,1,3-7,9,11-14,17-19H2/t21-,22?,35+/m1/s1. The van der Waals surface area contributed by atoms with Gasteiger partial charge in [-0.3, -0.25) is 4.90 Å². The molecule has 7 nitrogen and oxygen atoms in total. The van der Waals surface area contributed by atoms with Gasteiger partial charge in [-0.1, -0.05) is 31.6 Å². The van der Waals surface area contributed by atoms with E-state index in [2.05, 4.69) is 21.4 Å². The summed E-state index contributed by atoms with van der Waals surface area (Å²) in [4.78, 5) is 18.9. The Morgan fingerprint density at radius 2 is 1.93 bits per heavy atom. The number of ether oxygens (including phenoxy) is 1. The number of alkyl halides is 1. The summed E-state index contributed by atoms with van der Waals surface area (Å²) in [6.45, 7) is 6.05. The van der Waals surface area contributed by atoms with Crippen LogP contribution in [0.2, 0.25) is 0 Å². The first kappa shape index (κ1) is 28.5. The summed E-state index contributed by atoms with van der Waals surface area (Å²) >= 11 is 0. The maximum atomic E-state index is 17.0. The molecule has 0 spiro atoms. The van der Waals surface area contributed by atoms with Crippen LogP contribution >= 0.6 is 0 Å². The van der Waals surface area contributed by atoms with Gasteiger partial charge in [0, 0.05) is 42.1 Å². The number of fused-ring (bicyclic) bond motifs is 4. The lowest BCUT2D eigenvalue weighted by atomic mass is 9.95. The van der Waals surface area contributed by atoms with Gasteiger partial charge in [0.15, 0.2) is 5.82 Å². The van der Waals surface area contributed by atoms with Crippen LogP contribution in [0.25, 0.3) is 39.0 Å². The molecule has 2 aromatic carbocycles. The number of hydrogen-bond acceptors (Lipinski definition) is 7. The van der Waals surface area contributed by atoms with E-state index >= 15 is 4.39 Å². The Balaban J connectivity index is 1.33. The van der Waals surface area contributed by atoms with Gasteiger partial charge >= 0.3 is 6.01 Å². The number of anilines is 1. The third kappa shape index (κ3) is 4.63. The maximum Gasteiger partial charge on any atom is 0.319 e. The van der Waals surface area contributed by atoms with Crippen LogP contribution in [-0.4, -0.2) is 69.0 Å². The van der Waals surface area contributed by atoms with Crippen molar-refractivity contribution in [3.05, 3.63) is 53.7 Å². The summed E-state index contributed by atoms with van der Waals surface area (Å²) in [5, 5.41) is 12.2. The van der Waals surface area contributed by atoms with Crippen molar-refractivity contribution in [1.82, 2.24) is 19.9 Å². The summed E-state index contributed by atoms with van der Waals surface area (Å²) < 4.78 is 52.8. The van der Waals surface area contributed by atoms with Crippen molar-refractivity contribution in [1.29, 1.82) is 0 Å². The van der Waals surface area contributed by atoms with Gasteiger partial charge in [-0.05, 0) is 68.7 Å². The number of halogens is 3. The molecule has 45 heavy (non-hydrogen) atoms. The van der Waals surface area contributed by atoms with Crippen LogP contribution in [0.5, 0.6) is 11.8 Å². The van der Waals surface area contributed by atoms with E-state index in [0.29, 0.717) is 47.1 Å². The lowest BCUT2D eigenvalue weighted by molar-refractivity contribution is 0.107. The lowest BCUT2D eigenvalue weighted by Crippen LogP contribution is -2.43. The summed E-state index contributed by atoms with van der Waals surface area (Å²) in [5.74, 6) is -0.650. The average molecular weight is 616 g/mol. The minimum Gasteiger partial charge on any atom is -0.508 e. The monoisotopic (exact) mass is 615 g/mol. The van der Waals surface area contributed by atoms with Crippen molar-refractivity contribution in [3.8, 4) is 23.0 Å². The molecule has 3 saturated heterocycles. The molecule has 3 atom stereocenters. The van der Waals surface area contributed by atoms with Crippen molar-refractivity contribution >= 4 is 33.6 Å². The Bertz CT molecular complexity index is 1850. The molecule has 4 aliphatic heterocycles. The number of rotatable bonds is 5. The number of phenolic OH excluding ortho intramolecular Hbond substituents is 1. The Labute approximate surface area is 259 Å². The number of pyridine rings is 1. The van der Waals surface area contributed by atoms with E-state index in [0.717, 1.165) is 58.0 Å². The molecule has 4 aromatic rings. The largest absolute Gasteiger partial charge is 0.508 e. The molecule has 6 heterocycles. The van der Waals surface area contributed by atoms with Gasteiger partial charge in [-0.2, -0.15) is 9.97 Å². The summed E-state index contributed by atoms with van der Waals surface area (Å²) in [6, 6.07) is 6.08. The molecule has 4 aliphatic rings. The average Bonchev–Trinajstić information content (AvgIpc) is 3.38. The fourth-order valence-corrected chi connectivity index (χ4v) is 8.38. The number of hydrogen-bond donors (Lipinski definition) is 1. The Morgan fingerprint density at radius 3 is 2.80 bits per heavy atom. The van der Waals surface area contributed by atoms with Crippen LogP contribution in [0.4, 0.5) is 19.0 Å². The minimum atomic E-state index is -0.898. The summed E-state index contributed by atoms with van der Waals surface area (Å²) in [6.07, 6.45) is 8.37. The van der Waals surface area contributed by atoms with Crippen LogP contribution < -0.4 is 9.64 Å². The molecule has 10 heteroatoms. The highest BCUT2D eigenvalue weighted by molar-refractivity contribution is 6.04. The highest BCUT2D eigenvalue weighted by Gasteiger charge is 2.49. The Morgan fingerprint density at radius 1 is 1.04 bits per heavy atom. The number of phenols is 1. The molecule has 0 amide bonds. The molecule has 0 saturated carbocycles. The molecule has 8 rings (SSSR count). The Hall–Kier alpha value is -3.92. The van der Waals surface area contributed by atoms with E-state index in [4.69, 9.17) is 14.7 Å². The molecule has 0 bridgehead atoms. The summed E-state index contributed by atoms with van der Waals surface area (Å²) in [5.41, 5.74) is 0.798. The predicted octanol–water partition coefficient (Wildman–Crippen LogP) is 7.12. The van der Waals surface area contributed by atoms with Crippen LogP contribution in [0.15, 0.2) is 30.8 Å². The van der Waals surface area contributed by atoms with Crippen LogP contribution in [-0.2, 0) is 6.42 Å². The van der Waals surface area contributed by atoms with Crippen molar-refractivity contribution in [2.75, 3.05) is 31.1 Å². The van der Waals surface area contributed by atoms with Gasteiger partial charge in [0.05, 0.1) is 16.6 Å². The predicted molar refractivity (Wildman–Crippen MR) is 168 cm³/mol. The number of aromatic hydroxyl groups is 1. The topological polar surface area (TPSA) is 74.6 Å². The first-order chi connectivity index (χ1) is 21.8. The highest BCUT2D eigenvalue weighted by atomic mass is 19.1. The first-order valence-electron chi connectivity index (χ1n) is 16.1. The molecular weight excluding hydrogens is 579 g/mol. The zero-order chi connectivity index (χ0) is 30.9.